The van der Waals surface area contributed by atoms with Crippen molar-refractivity contribution in [1.29, 1.82) is 0 Å². The van der Waals surface area contributed by atoms with Crippen LogP contribution in [0.25, 0.3) is 0 Å². The van der Waals surface area contributed by atoms with Gasteiger partial charge < -0.3 is 0 Å². The average Bonchev–Trinajstić information content (AvgIpc) is 2.63. The van der Waals surface area contributed by atoms with E-state index in [1.807, 2.05) is 5.43 Å². The van der Waals surface area contributed by atoms with Crippen LogP contribution in [-0.4, -0.2) is 30.8 Å². The Bertz CT molecular complexity index is 356. The molecule has 0 saturated heterocycles. The van der Waals surface area contributed by atoms with Crippen LogP contribution in [0.5, 0.6) is 0 Å². The summed E-state index contributed by atoms with van der Waals surface area (Å²) in [6, 6.07) is 1.73. The zero-order valence-corrected chi connectivity index (χ0v) is 9.56. The first kappa shape index (κ1) is 13.0. The van der Waals surface area contributed by atoms with Gasteiger partial charge in [-0.3, -0.25) is 15.1 Å². The summed E-state index contributed by atoms with van der Waals surface area (Å²) in [6.45, 7) is -0.0177. The van der Waals surface area contributed by atoms with Gasteiger partial charge in [-0.15, -0.1) is 11.3 Å². The highest BCUT2D eigenvalue weighted by atomic mass is 32.1. The third-order valence-corrected chi connectivity index (χ3v) is 2.93. The molecule has 0 spiro atoms. The number of alkyl halides is 2. The van der Waals surface area contributed by atoms with Crippen LogP contribution in [0.3, 0.4) is 0 Å². The Labute approximate surface area is 96.0 Å². The molecule has 4 nitrogen and oxygen atoms in total. The highest BCUT2D eigenvalue weighted by Gasteiger charge is 2.15. The molecule has 0 saturated carbocycles. The monoisotopic (exact) mass is 249 g/mol. The number of amides is 1. The molecule has 90 valence electrons. The maximum atomic E-state index is 12.1. The number of halogens is 2. The molecule has 0 fully saturated rings. The molecule has 1 heterocycles. The van der Waals surface area contributed by atoms with Crippen LogP contribution in [0, 0.1) is 0 Å². The molecule has 0 unspecified atom stereocenters. The van der Waals surface area contributed by atoms with Gasteiger partial charge in [0.15, 0.2) is 0 Å². The molecule has 1 aromatic rings. The molecule has 7 heteroatoms. The number of hydrazine groups is 1. The summed E-state index contributed by atoms with van der Waals surface area (Å²) < 4.78 is 24.2. The number of carbonyl (C=O) groups excluding carboxylic acids is 1. The number of hydrogen-bond acceptors (Lipinski definition) is 4. The Hall–Kier alpha value is -1.05. The van der Waals surface area contributed by atoms with Crippen LogP contribution < -0.4 is 11.3 Å². The maximum absolute atomic E-state index is 12.1. The normalized spacial score (nSPS) is 11.1. The second kappa shape index (κ2) is 5.88. The summed E-state index contributed by atoms with van der Waals surface area (Å²) >= 11 is 1.24. The van der Waals surface area contributed by atoms with E-state index < -0.39 is 12.3 Å². The van der Waals surface area contributed by atoms with E-state index in [4.69, 9.17) is 5.84 Å². The first-order chi connectivity index (χ1) is 7.54. The second-order valence-corrected chi connectivity index (χ2v) is 4.25. The molecule has 16 heavy (non-hydrogen) atoms. The first-order valence-corrected chi connectivity index (χ1v) is 5.46. The van der Waals surface area contributed by atoms with Crippen molar-refractivity contribution in [3.05, 3.63) is 21.9 Å². The van der Waals surface area contributed by atoms with Gasteiger partial charge in [-0.2, -0.15) is 0 Å². The number of nitrogens with two attached hydrogens (primary N) is 1. The van der Waals surface area contributed by atoms with Crippen molar-refractivity contribution in [2.24, 2.45) is 5.84 Å². The predicted octanol–water partition coefficient (Wildman–Crippen LogP) is 1.05. The highest BCUT2D eigenvalue weighted by Crippen LogP contribution is 2.18. The summed E-state index contributed by atoms with van der Waals surface area (Å²) in [5.74, 6) is 4.62. The fourth-order valence-electron chi connectivity index (χ4n) is 1.32. The summed E-state index contributed by atoms with van der Waals surface area (Å²) in [4.78, 5) is 13.2. The van der Waals surface area contributed by atoms with Crippen molar-refractivity contribution >= 4 is 17.2 Å². The number of rotatable bonds is 5. The lowest BCUT2D eigenvalue weighted by Gasteiger charge is -2.15. The quantitative estimate of drug-likeness (QED) is 0.466. The number of thiophene rings is 1. The Morgan fingerprint density at radius 1 is 1.69 bits per heavy atom. The molecule has 0 bridgehead atoms. The zero-order valence-electron chi connectivity index (χ0n) is 8.74. The van der Waals surface area contributed by atoms with Crippen LogP contribution in [0.2, 0.25) is 0 Å². The van der Waals surface area contributed by atoms with Gasteiger partial charge in [0.05, 0.1) is 11.4 Å². The molecule has 0 aliphatic heterocycles. The summed E-state index contributed by atoms with van der Waals surface area (Å²) in [7, 11) is 1.58. The van der Waals surface area contributed by atoms with Crippen molar-refractivity contribution in [2.45, 2.75) is 13.0 Å². The fourth-order valence-corrected chi connectivity index (χ4v) is 2.13. The van der Waals surface area contributed by atoms with E-state index in [1.165, 1.54) is 16.2 Å². The molecule has 0 aliphatic rings. The molecule has 0 aromatic carbocycles. The minimum Gasteiger partial charge on any atom is -0.296 e. The van der Waals surface area contributed by atoms with Crippen molar-refractivity contribution in [3.63, 3.8) is 0 Å². The Kier molecular flexibility index (Phi) is 4.78. The average molecular weight is 249 g/mol. The zero-order chi connectivity index (χ0) is 12.1. The third-order valence-electron chi connectivity index (χ3n) is 1.97. The van der Waals surface area contributed by atoms with E-state index in [0.29, 0.717) is 17.0 Å². The number of nitrogen functional groups attached to an aromatic ring is 1. The molecule has 0 radical (unpaired) electrons. The number of nitrogens with one attached hydrogen (secondary N) is 1. The van der Waals surface area contributed by atoms with Gasteiger partial charge >= 0.3 is 0 Å². The number of hydrogen-bond donors (Lipinski definition) is 2. The van der Waals surface area contributed by atoms with Gasteiger partial charge in [-0.25, -0.2) is 14.6 Å². The Balaban J connectivity index is 2.66. The fraction of sp³-hybridized carbons (Fsp3) is 0.444. The summed E-state index contributed by atoms with van der Waals surface area (Å²) in [6.07, 6.45) is -2.38. The van der Waals surface area contributed by atoms with Gasteiger partial charge in [-0.05, 0) is 24.1 Å². The smallest absolute Gasteiger partial charge is 0.275 e. The molecule has 3 N–H and O–H groups in total. The molecule has 0 aliphatic carbocycles. The van der Waals surface area contributed by atoms with Crippen LogP contribution in [0.1, 0.15) is 15.2 Å². The van der Waals surface area contributed by atoms with Crippen LogP contribution in [-0.2, 0) is 6.54 Å². The first-order valence-electron chi connectivity index (χ1n) is 4.58. The molecule has 1 amide bonds. The Morgan fingerprint density at radius 2 is 2.38 bits per heavy atom. The molecule has 1 aromatic heterocycles. The number of nitrogens with zero attached hydrogens (tertiary/aromatic N) is 1. The molecule has 1 rings (SSSR count). The van der Waals surface area contributed by atoms with Crippen LogP contribution >= 0.6 is 11.3 Å². The van der Waals surface area contributed by atoms with E-state index >= 15 is 0 Å². The standard InChI is InChI=1S/C9H13F2N3OS/c1-14(5-7(10)11)4-6-2-3-16-8(6)9(15)13-12/h2-3,7H,4-5,12H2,1H3,(H,13,15). The lowest BCUT2D eigenvalue weighted by atomic mass is 10.2. The molecular formula is C9H13F2N3OS. The van der Waals surface area contributed by atoms with Crippen LogP contribution in [0.4, 0.5) is 8.78 Å². The van der Waals surface area contributed by atoms with Crippen molar-refractivity contribution in [1.82, 2.24) is 10.3 Å². The summed E-state index contributed by atoms with van der Waals surface area (Å²) in [5, 5.41) is 1.73. The van der Waals surface area contributed by atoms with Gasteiger partial charge in [0.25, 0.3) is 12.3 Å². The summed E-state index contributed by atoms with van der Waals surface area (Å²) in [5.41, 5.74) is 2.73. The second-order valence-electron chi connectivity index (χ2n) is 3.34. The lowest BCUT2D eigenvalue weighted by Crippen LogP contribution is -2.31. The maximum Gasteiger partial charge on any atom is 0.275 e. The highest BCUT2D eigenvalue weighted by molar-refractivity contribution is 7.12. The Morgan fingerprint density at radius 3 is 2.94 bits per heavy atom. The predicted molar refractivity (Wildman–Crippen MR) is 58.3 cm³/mol. The van der Waals surface area contributed by atoms with E-state index in [9.17, 15) is 13.6 Å². The topological polar surface area (TPSA) is 58.4 Å². The SMILES string of the molecule is CN(Cc1ccsc1C(=O)NN)CC(F)F. The minimum atomic E-state index is -2.38. The van der Waals surface area contributed by atoms with Gasteiger partial charge in [-0.1, -0.05) is 0 Å². The van der Waals surface area contributed by atoms with Crippen molar-refractivity contribution in [2.75, 3.05) is 13.6 Å². The van der Waals surface area contributed by atoms with E-state index in [2.05, 4.69) is 0 Å². The largest absolute Gasteiger partial charge is 0.296 e. The van der Waals surface area contributed by atoms with E-state index in [-0.39, 0.29) is 6.54 Å². The van der Waals surface area contributed by atoms with Gasteiger partial charge in [0.2, 0.25) is 0 Å². The van der Waals surface area contributed by atoms with Crippen molar-refractivity contribution in [3.8, 4) is 0 Å². The molecule has 0 atom stereocenters. The number of carbonyl (C=O) groups is 1. The lowest BCUT2D eigenvalue weighted by molar-refractivity contribution is 0.0945. The molecular weight excluding hydrogens is 236 g/mol. The van der Waals surface area contributed by atoms with E-state index in [0.717, 1.165) is 0 Å². The van der Waals surface area contributed by atoms with Crippen molar-refractivity contribution < 1.29 is 13.6 Å². The minimum absolute atomic E-state index is 0.302. The van der Waals surface area contributed by atoms with Crippen LogP contribution in [0.15, 0.2) is 11.4 Å². The third kappa shape index (κ3) is 3.51. The van der Waals surface area contributed by atoms with Gasteiger partial charge in [0, 0.05) is 6.54 Å². The van der Waals surface area contributed by atoms with Gasteiger partial charge in [0.1, 0.15) is 0 Å². The van der Waals surface area contributed by atoms with E-state index in [1.54, 1.807) is 18.5 Å².